The Morgan fingerprint density at radius 2 is 1.81 bits per heavy atom. The van der Waals surface area contributed by atoms with Crippen LogP contribution < -0.4 is 24.8 Å². The summed E-state index contributed by atoms with van der Waals surface area (Å²) in [6.45, 7) is 2.35. The van der Waals surface area contributed by atoms with Crippen LogP contribution in [0.15, 0.2) is 44.3 Å². The number of hydrogen-bond acceptors (Lipinski definition) is 0. The van der Waals surface area contributed by atoms with Gasteiger partial charge in [-0.05, 0) is 0 Å². The van der Waals surface area contributed by atoms with Crippen LogP contribution in [0.1, 0.15) is 58.3 Å². The first-order valence-electron chi connectivity index (χ1n) is 7.79. The van der Waals surface area contributed by atoms with Crippen LogP contribution >= 0.6 is 0 Å². The molecule has 0 heterocycles. The second-order valence-corrected chi connectivity index (χ2v) is 9.58. The van der Waals surface area contributed by atoms with Crippen molar-refractivity contribution in [2.75, 3.05) is 0 Å². The smallest absolute Gasteiger partial charge is 1.00 e. The molecule has 1 saturated carbocycles. The Balaban J connectivity index is 0.00000110. The molecule has 3 aliphatic rings. The maximum absolute atomic E-state index is 2.53. The third-order valence-corrected chi connectivity index (χ3v) is 8.54. The van der Waals surface area contributed by atoms with E-state index in [9.17, 15) is 0 Å². The summed E-state index contributed by atoms with van der Waals surface area (Å²) < 4.78 is 3.88. The maximum Gasteiger partial charge on any atom is -1.00 e. The van der Waals surface area contributed by atoms with Crippen LogP contribution in [-0.2, 0) is 22.8 Å². The van der Waals surface area contributed by atoms with Crippen LogP contribution in [-0.4, -0.2) is 3.21 Å². The Morgan fingerprint density at radius 3 is 2.43 bits per heavy atom. The zero-order valence-corrected chi connectivity index (χ0v) is 16.7. The Bertz CT molecular complexity index is 513. The van der Waals surface area contributed by atoms with Crippen LogP contribution in [0, 0.1) is 0 Å². The molecule has 0 N–H and O–H groups in total. The van der Waals surface area contributed by atoms with Gasteiger partial charge in [0.15, 0.2) is 0 Å². The molecule has 0 bridgehead atoms. The summed E-state index contributed by atoms with van der Waals surface area (Å²) in [5.74, 6) is 0. The Morgan fingerprint density at radius 1 is 1.05 bits per heavy atom. The number of halogens is 2. The average Bonchev–Trinajstić information content (AvgIpc) is 3.08. The summed E-state index contributed by atoms with van der Waals surface area (Å²) in [5.41, 5.74) is 4.92. The van der Waals surface area contributed by atoms with Crippen LogP contribution in [0.5, 0.6) is 0 Å². The van der Waals surface area contributed by atoms with E-state index >= 15 is 0 Å². The molecule has 3 aliphatic carbocycles. The fourth-order valence-electron chi connectivity index (χ4n) is 3.43. The van der Waals surface area contributed by atoms with Gasteiger partial charge in [0.25, 0.3) is 0 Å². The predicted octanol–water partition coefficient (Wildman–Crippen LogP) is -0.906. The molecule has 0 atom stereocenters. The van der Waals surface area contributed by atoms with Crippen LogP contribution in [0.3, 0.4) is 0 Å². The van der Waals surface area contributed by atoms with Gasteiger partial charge in [-0.1, -0.05) is 0 Å². The molecule has 0 radical (unpaired) electrons. The molecule has 0 aromatic carbocycles. The van der Waals surface area contributed by atoms with Gasteiger partial charge in [0, 0.05) is 0 Å². The van der Waals surface area contributed by atoms with Gasteiger partial charge in [-0.15, -0.1) is 0 Å². The maximum atomic E-state index is 2.53. The molecule has 0 nitrogen and oxygen atoms in total. The molecule has 0 aliphatic heterocycles. The normalized spacial score (nSPS) is 20.5. The fraction of sp³-hybridized carbons (Fsp3) is 0.500. The minimum absolute atomic E-state index is 0. The molecule has 21 heavy (non-hydrogen) atoms. The number of allylic oxidation sites excluding steroid dienone is 8. The van der Waals surface area contributed by atoms with Gasteiger partial charge in [0.2, 0.25) is 0 Å². The molecule has 0 saturated heterocycles. The first-order chi connectivity index (χ1) is 9.38. The first kappa shape index (κ1) is 19.3. The molecule has 0 aromatic rings. The van der Waals surface area contributed by atoms with E-state index in [-0.39, 0.29) is 47.6 Å². The van der Waals surface area contributed by atoms with Gasteiger partial charge in [-0.25, -0.2) is 0 Å². The van der Waals surface area contributed by atoms with E-state index in [0.29, 0.717) is 0 Å². The zero-order chi connectivity index (χ0) is 13.1. The van der Waals surface area contributed by atoms with Crippen molar-refractivity contribution < 1.29 is 47.6 Å². The molecular weight excluding hydrogens is 378 g/mol. The summed E-state index contributed by atoms with van der Waals surface area (Å²) in [6, 6.07) is 0. The molecule has 0 spiro atoms. The van der Waals surface area contributed by atoms with E-state index < -0.39 is 0 Å². The summed E-state index contributed by atoms with van der Waals surface area (Å²) in [5, 5.41) is 0. The second kappa shape index (κ2) is 9.44. The molecule has 1 fully saturated rings. The fourth-order valence-corrected chi connectivity index (χ4v) is 7.60. The van der Waals surface area contributed by atoms with Crippen molar-refractivity contribution in [2.24, 2.45) is 0 Å². The van der Waals surface area contributed by atoms with Crippen molar-refractivity contribution in [2.45, 2.75) is 58.3 Å². The summed E-state index contributed by atoms with van der Waals surface area (Å²) in [7, 11) is 0. The Kier molecular flexibility index (Phi) is 8.69. The SMILES string of the molecule is CCC1=[C]([Zr+2]=[C]2CCCCC2)CC=C1C1=CC=CC1.[Cl-].[Cl-]. The van der Waals surface area contributed by atoms with Gasteiger partial charge in [0.05, 0.1) is 0 Å². The van der Waals surface area contributed by atoms with E-state index in [2.05, 4.69) is 31.2 Å². The van der Waals surface area contributed by atoms with Crippen molar-refractivity contribution in [3.05, 3.63) is 44.3 Å². The van der Waals surface area contributed by atoms with Crippen molar-refractivity contribution in [3.63, 3.8) is 0 Å². The Labute approximate surface area is 152 Å². The van der Waals surface area contributed by atoms with Crippen LogP contribution in [0.4, 0.5) is 0 Å². The largest absolute Gasteiger partial charge is 1.00 e. The van der Waals surface area contributed by atoms with Crippen molar-refractivity contribution in [3.8, 4) is 0 Å². The van der Waals surface area contributed by atoms with Crippen molar-refractivity contribution >= 4 is 3.21 Å². The molecule has 0 aromatic heterocycles. The number of hydrogen-bond donors (Lipinski definition) is 0. The minimum atomic E-state index is -0.386. The topological polar surface area (TPSA) is 0 Å². The third kappa shape index (κ3) is 4.63. The van der Waals surface area contributed by atoms with Crippen LogP contribution in [0.25, 0.3) is 0 Å². The average molecular weight is 402 g/mol. The van der Waals surface area contributed by atoms with Gasteiger partial charge in [-0.2, -0.15) is 0 Å². The summed E-state index contributed by atoms with van der Waals surface area (Å²) >= 11 is -0.386. The molecule has 0 amide bonds. The van der Waals surface area contributed by atoms with Crippen molar-refractivity contribution in [1.82, 2.24) is 0 Å². The standard InChI is InChI=1S/C12H13.C6H10.2ClH.Zr/c1-2-10-8-5-9-12(10)11-6-3-4-7-11;1-2-4-6-5-3-1;;;/h3-4,6,9H,2,5,7H2,1H3;1-5H2;2*1H;/q;;;;+2/p-2. The van der Waals surface area contributed by atoms with E-state index in [0.717, 1.165) is 6.42 Å². The van der Waals surface area contributed by atoms with E-state index in [4.69, 9.17) is 0 Å². The quantitative estimate of drug-likeness (QED) is 0.575. The Hall–Kier alpha value is 0.293. The van der Waals surface area contributed by atoms with Gasteiger partial charge < -0.3 is 24.8 Å². The number of rotatable bonds is 3. The van der Waals surface area contributed by atoms with Gasteiger partial charge in [0.1, 0.15) is 0 Å². The van der Waals surface area contributed by atoms with Crippen LogP contribution in [0.2, 0.25) is 0 Å². The van der Waals surface area contributed by atoms with Crippen molar-refractivity contribution in [1.29, 1.82) is 0 Å². The molecule has 113 valence electrons. The van der Waals surface area contributed by atoms with E-state index in [1.807, 2.05) is 6.49 Å². The minimum Gasteiger partial charge on any atom is -1.00 e. The monoisotopic (exact) mass is 399 g/mol. The molecule has 0 unspecified atom stereocenters. The van der Waals surface area contributed by atoms with E-state index in [1.54, 1.807) is 16.7 Å². The zero-order valence-electron chi connectivity index (χ0n) is 12.7. The third-order valence-electron chi connectivity index (χ3n) is 4.46. The van der Waals surface area contributed by atoms with Gasteiger partial charge >= 0.3 is 129 Å². The predicted molar refractivity (Wildman–Crippen MR) is 79.9 cm³/mol. The van der Waals surface area contributed by atoms with E-state index in [1.165, 1.54) is 44.9 Å². The van der Waals surface area contributed by atoms with Gasteiger partial charge in [-0.3, -0.25) is 0 Å². The first-order valence-corrected chi connectivity index (χ1v) is 10.2. The molecular formula is C18H23Cl2Zr. The second-order valence-electron chi connectivity index (χ2n) is 5.75. The molecule has 3 rings (SSSR count). The summed E-state index contributed by atoms with van der Waals surface area (Å²) in [4.78, 5) is 0. The summed E-state index contributed by atoms with van der Waals surface area (Å²) in [6.07, 6.45) is 20.4. The molecule has 3 heteroatoms.